The zero-order chi connectivity index (χ0) is 13.7. The predicted octanol–water partition coefficient (Wildman–Crippen LogP) is 2.81. The van der Waals surface area contributed by atoms with Gasteiger partial charge in [0.15, 0.2) is 5.76 Å². The summed E-state index contributed by atoms with van der Waals surface area (Å²) in [5.74, 6) is -0.979. The van der Waals surface area contributed by atoms with Crippen molar-refractivity contribution in [2.75, 3.05) is 7.11 Å². The summed E-state index contributed by atoms with van der Waals surface area (Å²) in [5.41, 5.74) is 0.773. The molecule has 0 saturated heterocycles. The van der Waals surface area contributed by atoms with Gasteiger partial charge in [0, 0.05) is 0 Å². The largest absolute Gasteiger partial charge is 0.469 e. The standard InChI is InChI=1S/C15H14O4/c1-18-14(16)10-12(11-6-3-2-4-7-11)15(17)13-8-5-9-19-13/h2-9,12H,10H2,1H3. The molecule has 1 aromatic heterocycles. The predicted molar refractivity (Wildman–Crippen MR) is 68.9 cm³/mol. The minimum absolute atomic E-state index is 0.0000463. The van der Waals surface area contributed by atoms with Gasteiger partial charge in [0.2, 0.25) is 5.78 Å². The number of hydrogen-bond acceptors (Lipinski definition) is 4. The fourth-order valence-electron chi connectivity index (χ4n) is 1.89. The summed E-state index contributed by atoms with van der Waals surface area (Å²) in [7, 11) is 1.31. The highest BCUT2D eigenvalue weighted by molar-refractivity contribution is 6.00. The van der Waals surface area contributed by atoms with E-state index < -0.39 is 11.9 Å². The summed E-state index contributed by atoms with van der Waals surface area (Å²) >= 11 is 0. The molecule has 0 bridgehead atoms. The van der Waals surface area contributed by atoms with Gasteiger partial charge < -0.3 is 9.15 Å². The molecule has 0 fully saturated rings. The Hall–Kier alpha value is -2.36. The normalized spacial score (nSPS) is 11.8. The van der Waals surface area contributed by atoms with Gasteiger partial charge in [-0.15, -0.1) is 0 Å². The van der Waals surface area contributed by atoms with Gasteiger partial charge in [-0.3, -0.25) is 9.59 Å². The molecule has 0 spiro atoms. The average Bonchev–Trinajstić information content (AvgIpc) is 2.99. The first kappa shape index (κ1) is 13.1. The Morgan fingerprint density at radius 1 is 1.16 bits per heavy atom. The number of furan rings is 1. The Bertz CT molecular complexity index is 543. The number of hydrogen-bond donors (Lipinski definition) is 0. The van der Waals surface area contributed by atoms with E-state index in [1.165, 1.54) is 13.4 Å². The quantitative estimate of drug-likeness (QED) is 0.611. The number of benzene rings is 1. The third-order valence-corrected chi connectivity index (χ3v) is 2.88. The molecule has 4 nitrogen and oxygen atoms in total. The lowest BCUT2D eigenvalue weighted by molar-refractivity contribution is -0.140. The minimum atomic E-state index is -0.584. The van der Waals surface area contributed by atoms with Crippen molar-refractivity contribution in [2.45, 2.75) is 12.3 Å². The van der Waals surface area contributed by atoms with Crippen LogP contribution in [0.2, 0.25) is 0 Å². The topological polar surface area (TPSA) is 56.5 Å². The van der Waals surface area contributed by atoms with Crippen molar-refractivity contribution in [3.63, 3.8) is 0 Å². The minimum Gasteiger partial charge on any atom is -0.469 e. The second-order valence-corrected chi connectivity index (χ2v) is 4.09. The van der Waals surface area contributed by atoms with Crippen molar-refractivity contribution in [1.82, 2.24) is 0 Å². The van der Waals surface area contributed by atoms with Crippen LogP contribution in [-0.4, -0.2) is 18.9 Å². The Kier molecular flexibility index (Phi) is 4.13. The summed E-state index contributed by atoms with van der Waals surface area (Å²) < 4.78 is 9.76. The van der Waals surface area contributed by atoms with E-state index in [2.05, 4.69) is 4.74 Å². The molecule has 0 aliphatic carbocycles. The number of carbonyl (C=O) groups is 2. The maximum absolute atomic E-state index is 12.4. The molecule has 1 aromatic carbocycles. The van der Waals surface area contributed by atoms with Gasteiger partial charge in [-0.1, -0.05) is 30.3 Å². The van der Waals surface area contributed by atoms with Crippen LogP contribution >= 0.6 is 0 Å². The van der Waals surface area contributed by atoms with Crippen LogP contribution in [0.1, 0.15) is 28.5 Å². The smallest absolute Gasteiger partial charge is 0.306 e. The third kappa shape index (κ3) is 3.10. The molecule has 2 aromatic rings. The molecule has 19 heavy (non-hydrogen) atoms. The first-order valence-corrected chi connectivity index (χ1v) is 5.92. The van der Waals surface area contributed by atoms with Gasteiger partial charge >= 0.3 is 5.97 Å². The van der Waals surface area contributed by atoms with Crippen LogP contribution < -0.4 is 0 Å². The maximum Gasteiger partial charge on any atom is 0.306 e. The molecular formula is C15H14O4. The van der Waals surface area contributed by atoms with E-state index in [-0.39, 0.29) is 18.0 Å². The molecule has 1 unspecified atom stereocenters. The van der Waals surface area contributed by atoms with Crippen molar-refractivity contribution in [3.05, 3.63) is 60.1 Å². The molecule has 1 heterocycles. The number of rotatable bonds is 5. The molecule has 0 aliphatic heterocycles. The Labute approximate surface area is 111 Å². The highest BCUT2D eigenvalue weighted by Gasteiger charge is 2.26. The molecular weight excluding hydrogens is 244 g/mol. The van der Waals surface area contributed by atoms with Gasteiger partial charge in [-0.05, 0) is 17.7 Å². The lowest BCUT2D eigenvalue weighted by atomic mass is 9.90. The maximum atomic E-state index is 12.4. The van der Waals surface area contributed by atoms with E-state index in [1.54, 1.807) is 12.1 Å². The third-order valence-electron chi connectivity index (χ3n) is 2.88. The van der Waals surface area contributed by atoms with E-state index in [0.717, 1.165) is 5.56 Å². The van der Waals surface area contributed by atoms with E-state index in [0.29, 0.717) is 0 Å². The summed E-state index contributed by atoms with van der Waals surface area (Å²) in [6.45, 7) is 0. The lowest BCUT2D eigenvalue weighted by Gasteiger charge is -2.13. The number of Topliss-reactive ketones (excluding diaryl/α,β-unsaturated/α-hetero) is 1. The van der Waals surface area contributed by atoms with Crippen molar-refractivity contribution < 1.29 is 18.7 Å². The molecule has 0 N–H and O–H groups in total. The average molecular weight is 258 g/mol. The van der Waals surface area contributed by atoms with Gasteiger partial charge in [0.05, 0.1) is 25.7 Å². The number of esters is 1. The second kappa shape index (κ2) is 6.00. The zero-order valence-corrected chi connectivity index (χ0v) is 10.5. The van der Waals surface area contributed by atoms with Gasteiger partial charge in [-0.2, -0.15) is 0 Å². The number of ketones is 1. The van der Waals surface area contributed by atoms with Crippen molar-refractivity contribution in [1.29, 1.82) is 0 Å². The first-order valence-electron chi connectivity index (χ1n) is 5.92. The summed E-state index contributed by atoms with van der Waals surface area (Å²) in [5, 5.41) is 0. The summed E-state index contributed by atoms with van der Waals surface area (Å²) in [4.78, 5) is 23.8. The number of ether oxygens (including phenoxy) is 1. The second-order valence-electron chi connectivity index (χ2n) is 4.09. The van der Waals surface area contributed by atoms with Crippen LogP contribution in [0, 0.1) is 0 Å². The molecule has 0 amide bonds. The van der Waals surface area contributed by atoms with Crippen LogP contribution in [0.4, 0.5) is 0 Å². The van der Waals surface area contributed by atoms with Crippen molar-refractivity contribution >= 4 is 11.8 Å². The van der Waals surface area contributed by atoms with Gasteiger partial charge in [0.1, 0.15) is 0 Å². The Morgan fingerprint density at radius 2 is 1.89 bits per heavy atom. The van der Waals surface area contributed by atoms with Gasteiger partial charge in [-0.25, -0.2) is 0 Å². The monoisotopic (exact) mass is 258 g/mol. The van der Waals surface area contributed by atoms with Crippen molar-refractivity contribution in [2.24, 2.45) is 0 Å². The van der Waals surface area contributed by atoms with Crippen LogP contribution in [0.3, 0.4) is 0 Å². The zero-order valence-electron chi connectivity index (χ0n) is 10.5. The molecule has 0 aliphatic rings. The summed E-state index contributed by atoms with van der Waals surface area (Å²) in [6.07, 6.45) is 1.44. The van der Waals surface area contributed by atoms with Gasteiger partial charge in [0.25, 0.3) is 0 Å². The Balaban J connectivity index is 2.29. The fraction of sp³-hybridized carbons (Fsp3) is 0.200. The van der Waals surface area contributed by atoms with E-state index in [1.807, 2.05) is 30.3 Å². The molecule has 2 rings (SSSR count). The highest BCUT2D eigenvalue weighted by Crippen LogP contribution is 2.25. The summed E-state index contributed by atoms with van der Waals surface area (Å²) in [6, 6.07) is 12.4. The molecule has 4 heteroatoms. The van der Waals surface area contributed by atoms with Crippen LogP contribution in [-0.2, 0) is 9.53 Å². The van der Waals surface area contributed by atoms with Crippen LogP contribution in [0.25, 0.3) is 0 Å². The number of carbonyl (C=O) groups excluding carboxylic acids is 2. The van der Waals surface area contributed by atoms with E-state index >= 15 is 0 Å². The molecule has 1 atom stereocenters. The lowest BCUT2D eigenvalue weighted by Crippen LogP contribution is -2.17. The Morgan fingerprint density at radius 3 is 2.47 bits per heavy atom. The first-order chi connectivity index (χ1) is 9.22. The molecule has 0 radical (unpaired) electrons. The molecule has 98 valence electrons. The molecule has 0 saturated carbocycles. The van der Waals surface area contributed by atoms with Crippen LogP contribution in [0.15, 0.2) is 53.1 Å². The van der Waals surface area contributed by atoms with Crippen molar-refractivity contribution in [3.8, 4) is 0 Å². The van der Waals surface area contributed by atoms with Crippen LogP contribution in [0.5, 0.6) is 0 Å². The fourth-order valence-corrected chi connectivity index (χ4v) is 1.89. The van der Waals surface area contributed by atoms with E-state index in [4.69, 9.17) is 4.42 Å². The number of methoxy groups -OCH3 is 1. The van der Waals surface area contributed by atoms with E-state index in [9.17, 15) is 9.59 Å². The SMILES string of the molecule is COC(=O)CC(C(=O)c1ccco1)c1ccccc1. The highest BCUT2D eigenvalue weighted by atomic mass is 16.5.